The molecular formula is C21H22Cl2N2O3. The van der Waals surface area contributed by atoms with Crippen LogP contribution >= 0.6 is 23.2 Å². The van der Waals surface area contributed by atoms with E-state index in [4.69, 9.17) is 27.9 Å². The van der Waals surface area contributed by atoms with Crippen LogP contribution in [0.1, 0.15) is 43.0 Å². The third-order valence-electron chi connectivity index (χ3n) is 6.68. The molecule has 28 heavy (non-hydrogen) atoms. The molecule has 1 aromatic heterocycles. The molecule has 1 saturated heterocycles. The van der Waals surface area contributed by atoms with Gasteiger partial charge in [-0.3, -0.25) is 4.79 Å². The van der Waals surface area contributed by atoms with Crippen LogP contribution in [0.2, 0.25) is 10.2 Å². The Morgan fingerprint density at radius 1 is 1.39 bits per heavy atom. The zero-order chi connectivity index (χ0) is 20.2. The van der Waals surface area contributed by atoms with Gasteiger partial charge in [-0.05, 0) is 43.1 Å². The fourth-order valence-electron chi connectivity index (χ4n) is 5.04. The highest BCUT2D eigenvalue weighted by molar-refractivity contribution is 6.36. The average Bonchev–Trinajstić information content (AvgIpc) is 2.89. The second-order valence-corrected chi connectivity index (χ2v) is 9.14. The van der Waals surface area contributed by atoms with E-state index in [9.17, 15) is 9.59 Å². The first-order valence-corrected chi connectivity index (χ1v) is 10.2. The summed E-state index contributed by atoms with van der Waals surface area (Å²) in [5.74, 6) is -0.344. The number of aromatic nitrogens is 1. The summed E-state index contributed by atoms with van der Waals surface area (Å²) in [5, 5.41) is 3.55. The molecule has 4 rings (SSSR count). The molecule has 5 nitrogen and oxygen atoms in total. The number of carbonyl (C=O) groups excluding carboxylic acids is 2. The van der Waals surface area contributed by atoms with Gasteiger partial charge in [0.05, 0.1) is 16.6 Å². The third kappa shape index (κ3) is 3.15. The zero-order valence-electron chi connectivity index (χ0n) is 15.6. The SMILES string of the molecule is C=C1C(=O)O[C@@H]2C[C@@]3(C)CC[C@@H](NC(=O)c4cnc(Cl)cc4Cl)C(=C)[C@@H]3C[C@H]12. The van der Waals surface area contributed by atoms with E-state index in [1.54, 1.807) is 0 Å². The highest BCUT2D eigenvalue weighted by Gasteiger charge is 2.54. The van der Waals surface area contributed by atoms with Crippen LogP contribution in [0.4, 0.5) is 0 Å². The van der Waals surface area contributed by atoms with Crippen LogP contribution < -0.4 is 5.32 Å². The minimum absolute atomic E-state index is 0.00382. The van der Waals surface area contributed by atoms with E-state index >= 15 is 0 Å². The molecule has 2 heterocycles. The number of amides is 1. The van der Waals surface area contributed by atoms with Crippen LogP contribution in [0.25, 0.3) is 0 Å². The van der Waals surface area contributed by atoms with E-state index in [1.165, 1.54) is 12.3 Å². The van der Waals surface area contributed by atoms with E-state index in [-0.39, 0.29) is 51.4 Å². The van der Waals surface area contributed by atoms with Crippen molar-refractivity contribution >= 4 is 35.1 Å². The molecule has 148 valence electrons. The van der Waals surface area contributed by atoms with E-state index in [2.05, 4.69) is 30.4 Å². The van der Waals surface area contributed by atoms with Gasteiger partial charge in [-0.25, -0.2) is 9.78 Å². The van der Waals surface area contributed by atoms with Crippen LogP contribution in [-0.2, 0) is 9.53 Å². The van der Waals surface area contributed by atoms with Crippen LogP contribution in [0.15, 0.2) is 36.6 Å². The molecule has 5 atom stereocenters. The minimum Gasteiger partial charge on any atom is -0.458 e. The smallest absolute Gasteiger partial charge is 0.334 e. The second-order valence-electron chi connectivity index (χ2n) is 8.35. The lowest BCUT2D eigenvalue weighted by Gasteiger charge is -2.51. The summed E-state index contributed by atoms with van der Waals surface area (Å²) in [6.07, 6.45) is 4.58. The predicted octanol–water partition coefficient (Wildman–Crippen LogP) is 4.35. The monoisotopic (exact) mass is 420 g/mol. The van der Waals surface area contributed by atoms with Gasteiger partial charge in [-0.1, -0.05) is 48.9 Å². The number of hydrogen-bond acceptors (Lipinski definition) is 4. The van der Waals surface area contributed by atoms with Crippen molar-refractivity contribution in [3.63, 3.8) is 0 Å². The number of fused-ring (bicyclic) bond motifs is 2. The van der Waals surface area contributed by atoms with Crippen molar-refractivity contribution in [3.05, 3.63) is 52.3 Å². The molecule has 2 aliphatic carbocycles. The molecule has 2 saturated carbocycles. The van der Waals surface area contributed by atoms with Gasteiger partial charge in [-0.2, -0.15) is 0 Å². The lowest BCUT2D eigenvalue weighted by molar-refractivity contribution is -0.142. The molecule has 0 unspecified atom stereocenters. The number of pyridine rings is 1. The number of nitrogens with zero attached hydrogens (tertiary/aromatic N) is 1. The summed E-state index contributed by atoms with van der Waals surface area (Å²) in [6.45, 7) is 10.5. The molecule has 0 aromatic carbocycles. The van der Waals surface area contributed by atoms with Gasteiger partial charge in [-0.15, -0.1) is 0 Å². The van der Waals surface area contributed by atoms with Crippen molar-refractivity contribution in [1.29, 1.82) is 0 Å². The Balaban J connectivity index is 1.51. The lowest BCUT2D eigenvalue weighted by Crippen LogP contribution is -2.50. The van der Waals surface area contributed by atoms with Crippen LogP contribution in [0.5, 0.6) is 0 Å². The summed E-state index contributed by atoms with van der Waals surface area (Å²) in [4.78, 5) is 28.6. The molecule has 0 bridgehead atoms. The first-order valence-electron chi connectivity index (χ1n) is 9.40. The number of esters is 1. The molecule has 1 aliphatic heterocycles. The number of ether oxygens (including phenoxy) is 1. The van der Waals surface area contributed by atoms with Gasteiger partial charge in [0.15, 0.2) is 0 Å². The van der Waals surface area contributed by atoms with Gasteiger partial charge >= 0.3 is 5.97 Å². The highest BCUT2D eigenvalue weighted by Crippen LogP contribution is 2.56. The number of nitrogens with one attached hydrogen (secondary N) is 1. The molecule has 1 N–H and O–H groups in total. The standard InChI is InChI=1S/C21H22Cl2N2O3/c1-10-12-6-14-11(2)16(4-5-21(14,3)8-17(12)28-20(10)27)25-19(26)13-9-24-18(23)7-15(13)22/h7,9,12,14,16-17H,1-2,4-6,8H2,3H3,(H,25,26)/t12-,14+,16-,17-,21-/m1/s1. The molecular weight excluding hydrogens is 399 g/mol. The first-order chi connectivity index (χ1) is 13.2. The van der Waals surface area contributed by atoms with Crippen molar-refractivity contribution < 1.29 is 14.3 Å². The zero-order valence-corrected chi connectivity index (χ0v) is 17.1. The highest BCUT2D eigenvalue weighted by atomic mass is 35.5. The summed E-state index contributed by atoms with van der Waals surface area (Å²) in [7, 11) is 0. The van der Waals surface area contributed by atoms with Crippen molar-refractivity contribution in [2.24, 2.45) is 17.3 Å². The Kier molecular flexibility index (Phi) is 4.79. The quantitative estimate of drug-likeness (QED) is 0.334. The Morgan fingerprint density at radius 3 is 2.86 bits per heavy atom. The molecule has 3 fully saturated rings. The summed E-state index contributed by atoms with van der Waals surface area (Å²) in [5.41, 5.74) is 1.85. The first kappa shape index (κ1) is 19.5. The Morgan fingerprint density at radius 2 is 2.14 bits per heavy atom. The Hall–Kier alpha value is -1.85. The summed E-state index contributed by atoms with van der Waals surface area (Å²) < 4.78 is 5.53. The molecule has 7 heteroatoms. The average molecular weight is 421 g/mol. The van der Waals surface area contributed by atoms with Gasteiger partial charge in [0.2, 0.25) is 0 Å². The maximum absolute atomic E-state index is 12.7. The van der Waals surface area contributed by atoms with Crippen molar-refractivity contribution in [3.8, 4) is 0 Å². The normalized spacial score (nSPS) is 34.5. The van der Waals surface area contributed by atoms with Crippen LogP contribution in [0.3, 0.4) is 0 Å². The molecule has 0 spiro atoms. The third-order valence-corrected chi connectivity index (χ3v) is 7.20. The Bertz CT molecular complexity index is 900. The second kappa shape index (κ2) is 6.89. The topological polar surface area (TPSA) is 68.3 Å². The van der Waals surface area contributed by atoms with Crippen molar-refractivity contribution in [2.45, 2.75) is 44.8 Å². The molecule has 1 amide bonds. The Labute approximate surface area is 174 Å². The number of halogens is 2. The maximum atomic E-state index is 12.7. The fourth-order valence-corrected chi connectivity index (χ4v) is 5.49. The van der Waals surface area contributed by atoms with Crippen molar-refractivity contribution in [1.82, 2.24) is 10.3 Å². The summed E-state index contributed by atoms with van der Waals surface area (Å²) in [6, 6.07) is 1.30. The van der Waals surface area contributed by atoms with E-state index in [0.29, 0.717) is 11.1 Å². The van der Waals surface area contributed by atoms with E-state index < -0.39 is 0 Å². The van der Waals surface area contributed by atoms with Gasteiger partial charge in [0, 0.05) is 17.7 Å². The predicted molar refractivity (Wildman–Crippen MR) is 107 cm³/mol. The van der Waals surface area contributed by atoms with Gasteiger partial charge in [0.1, 0.15) is 11.3 Å². The van der Waals surface area contributed by atoms with Crippen LogP contribution in [0, 0.1) is 17.3 Å². The minimum atomic E-state index is -0.290. The van der Waals surface area contributed by atoms with Crippen molar-refractivity contribution in [2.75, 3.05) is 0 Å². The lowest BCUT2D eigenvalue weighted by atomic mass is 9.55. The van der Waals surface area contributed by atoms with E-state index in [1.807, 2.05) is 0 Å². The molecule has 0 radical (unpaired) electrons. The molecule has 3 aliphatic rings. The number of rotatable bonds is 2. The molecule has 1 aromatic rings. The van der Waals surface area contributed by atoms with Gasteiger partial charge in [0.25, 0.3) is 5.91 Å². The maximum Gasteiger partial charge on any atom is 0.334 e. The van der Waals surface area contributed by atoms with Gasteiger partial charge < -0.3 is 10.1 Å². The number of hydrogen-bond donors (Lipinski definition) is 1. The largest absolute Gasteiger partial charge is 0.458 e. The van der Waals surface area contributed by atoms with E-state index in [0.717, 1.165) is 31.3 Å². The fraction of sp³-hybridized carbons (Fsp3) is 0.476. The number of carbonyl (C=O) groups is 2. The summed E-state index contributed by atoms with van der Waals surface area (Å²) >= 11 is 12.0. The van der Waals surface area contributed by atoms with Crippen LogP contribution in [-0.4, -0.2) is 29.0 Å².